The van der Waals surface area contributed by atoms with Crippen LogP contribution in [-0.4, -0.2) is 24.5 Å². The second kappa shape index (κ2) is 7.74. The van der Waals surface area contributed by atoms with Gasteiger partial charge in [-0.1, -0.05) is 41.9 Å². The monoisotopic (exact) mass is 372 g/mol. The number of nitro groups is 1. The van der Waals surface area contributed by atoms with Gasteiger partial charge < -0.3 is 10.6 Å². The van der Waals surface area contributed by atoms with Gasteiger partial charge in [-0.2, -0.15) is 0 Å². The van der Waals surface area contributed by atoms with Crippen LogP contribution in [0.15, 0.2) is 53.5 Å². The molecule has 2 N–H and O–H groups in total. The molecule has 1 aliphatic carbocycles. The lowest BCUT2D eigenvalue weighted by atomic mass is 9.96. The number of nitro benzene ring substituents is 1. The summed E-state index contributed by atoms with van der Waals surface area (Å²) in [5, 5.41) is 18.3. The Balaban J connectivity index is 1.60. The van der Waals surface area contributed by atoms with Crippen LogP contribution in [-0.2, 0) is 12.0 Å². The molecule has 136 valence electrons. The molecule has 0 aromatic heterocycles. The molecule has 2 aromatic carbocycles. The molecule has 2 aromatic rings. The fourth-order valence-electron chi connectivity index (χ4n) is 3.03. The van der Waals surface area contributed by atoms with E-state index < -0.39 is 0 Å². The van der Waals surface area contributed by atoms with E-state index in [4.69, 9.17) is 11.6 Å². The lowest BCUT2D eigenvalue weighted by Crippen LogP contribution is -2.41. The summed E-state index contributed by atoms with van der Waals surface area (Å²) >= 11 is 6.12. The quantitative estimate of drug-likeness (QED) is 0.351. The topological polar surface area (TPSA) is 79.6 Å². The summed E-state index contributed by atoms with van der Waals surface area (Å²) in [7, 11) is 1.69. The number of benzene rings is 2. The van der Waals surface area contributed by atoms with E-state index in [-0.39, 0.29) is 16.0 Å². The number of hydrogen-bond donors (Lipinski definition) is 2. The smallest absolute Gasteiger partial charge is 0.274 e. The maximum absolute atomic E-state index is 11.1. The van der Waals surface area contributed by atoms with Crippen LogP contribution in [0.4, 0.5) is 5.69 Å². The Morgan fingerprint density at radius 3 is 2.65 bits per heavy atom. The Morgan fingerprint density at radius 2 is 2.00 bits per heavy atom. The number of nitrogens with zero attached hydrogens (tertiary/aromatic N) is 2. The molecule has 0 radical (unpaired) electrons. The van der Waals surface area contributed by atoms with Crippen LogP contribution in [0, 0.1) is 10.1 Å². The van der Waals surface area contributed by atoms with Crippen molar-refractivity contribution in [2.75, 3.05) is 13.6 Å². The van der Waals surface area contributed by atoms with Crippen molar-refractivity contribution in [1.29, 1.82) is 0 Å². The second-order valence-corrected chi connectivity index (χ2v) is 6.89. The Hall–Kier alpha value is -2.60. The molecule has 26 heavy (non-hydrogen) atoms. The first-order valence-electron chi connectivity index (χ1n) is 8.47. The van der Waals surface area contributed by atoms with Crippen molar-refractivity contribution < 1.29 is 4.92 Å². The Bertz CT molecular complexity index is 834. The summed E-state index contributed by atoms with van der Waals surface area (Å²) < 4.78 is 0. The van der Waals surface area contributed by atoms with Crippen LogP contribution >= 0.6 is 11.6 Å². The van der Waals surface area contributed by atoms with Gasteiger partial charge in [0.25, 0.3) is 5.69 Å². The van der Waals surface area contributed by atoms with Crippen LogP contribution in [0.2, 0.25) is 5.02 Å². The highest BCUT2D eigenvalue weighted by Crippen LogP contribution is 2.48. The van der Waals surface area contributed by atoms with Crippen LogP contribution in [0.3, 0.4) is 0 Å². The van der Waals surface area contributed by atoms with E-state index in [1.165, 1.54) is 11.6 Å². The molecule has 1 saturated carbocycles. The maximum atomic E-state index is 11.1. The van der Waals surface area contributed by atoms with Crippen LogP contribution in [0.25, 0.3) is 0 Å². The first-order chi connectivity index (χ1) is 12.5. The van der Waals surface area contributed by atoms with Gasteiger partial charge in [0.1, 0.15) is 0 Å². The first kappa shape index (κ1) is 18.2. The molecule has 0 bridgehead atoms. The number of nitrogens with one attached hydrogen (secondary N) is 2. The molecule has 6 nitrogen and oxygen atoms in total. The van der Waals surface area contributed by atoms with Gasteiger partial charge in [0.2, 0.25) is 0 Å². The van der Waals surface area contributed by atoms with Crippen LogP contribution < -0.4 is 10.6 Å². The number of halogens is 1. The molecular weight excluding hydrogens is 352 g/mol. The fourth-order valence-corrected chi connectivity index (χ4v) is 3.22. The molecule has 0 unspecified atom stereocenters. The third-order valence-electron chi connectivity index (χ3n) is 4.74. The van der Waals surface area contributed by atoms with Crippen LogP contribution in [0.5, 0.6) is 0 Å². The summed E-state index contributed by atoms with van der Waals surface area (Å²) in [6.07, 6.45) is 2.20. The van der Waals surface area contributed by atoms with Crippen molar-refractivity contribution >= 4 is 23.2 Å². The van der Waals surface area contributed by atoms with Gasteiger partial charge in [0.15, 0.2) is 5.96 Å². The lowest BCUT2D eigenvalue weighted by Gasteiger charge is -2.19. The van der Waals surface area contributed by atoms with Crippen molar-refractivity contribution in [3.8, 4) is 0 Å². The standard InChI is InChI=1S/C19H21ClN4O2/c1-21-18(22-12-14-5-2-3-8-17(14)24(25)26)23-13-19(9-10-19)15-6-4-7-16(20)11-15/h2-8,11H,9-10,12-13H2,1H3,(H2,21,22,23). The summed E-state index contributed by atoms with van der Waals surface area (Å²) in [5.41, 5.74) is 2.04. The van der Waals surface area contributed by atoms with Gasteiger partial charge in [-0.15, -0.1) is 0 Å². The molecule has 1 fully saturated rings. The zero-order valence-electron chi connectivity index (χ0n) is 14.5. The lowest BCUT2D eigenvalue weighted by molar-refractivity contribution is -0.385. The van der Waals surface area contributed by atoms with Gasteiger partial charge in [-0.25, -0.2) is 0 Å². The number of aliphatic imine (C=N–C) groups is 1. The predicted molar refractivity (Wildman–Crippen MR) is 104 cm³/mol. The van der Waals surface area contributed by atoms with E-state index in [1.54, 1.807) is 25.2 Å². The number of hydrogen-bond acceptors (Lipinski definition) is 3. The Labute approximate surface area is 157 Å². The third-order valence-corrected chi connectivity index (χ3v) is 4.98. The maximum Gasteiger partial charge on any atom is 0.274 e. The van der Waals surface area contributed by atoms with Crippen molar-refractivity contribution in [1.82, 2.24) is 10.6 Å². The number of para-hydroxylation sites is 1. The number of rotatable bonds is 6. The summed E-state index contributed by atoms with van der Waals surface area (Å²) in [6, 6.07) is 14.7. The highest BCUT2D eigenvalue weighted by atomic mass is 35.5. The minimum Gasteiger partial charge on any atom is -0.356 e. The minimum atomic E-state index is -0.370. The fraction of sp³-hybridized carbons (Fsp3) is 0.316. The van der Waals surface area contributed by atoms with E-state index in [9.17, 15) is 10.1 Å². The molecular formula is C19H21ClN4O2. The van der Waals surface area contributed by atoms with Gasteiger partial charge in [0.05, 0.1) is 4.92 Å². The molecule has 0 atom stereocenters. The first-order valence-corrected chi connectivity index (χ1v) is 8.85. The van der Waals surface area contributed by atoms with E-state index >= 15 is 0 Å². The van der Waals surface area contributed by atoms with Crippen molar-refractivity contribution in [2.45, 2.75) is 24.8 Å². The third kappa shape index (κ3) is 4.14. The Kier molecular flexibility index (Phi) is 5.42. The second-order valence-electron chi connectivity index (χ2n) is 6.46. The van der Waals surface area contributed by atoms with E-state index in [0.29, 0.717) is 18.1 Å². The average molecular weight is 373 g/mol. The van der Waals surface area contributed by atoms with Crippen molar-refractivity contribution in [3.63, 3.8) is 0 Å². The van der Waals surface area contributed by atoms with E-state index in [1.807, 2.05) is 18.2 Å². The van der Waals surface area contributed by atoms with E-state index in [0.717, 1.165) is 24.4 Å². The molecule has 0 saturated heterocycles. The predicted octanol–water partition coefficient (Wildman–Crippen LogP) is 3.65. The normalized spacial score (nSPS) is 15.4. The molecule has 3 rings (SSSR count). The summed E-state index contributed by atoms with van der Waals surface area (Å²) in [4.78, 5) is 15.0. The Morgan fingerprint density at radius 1 is 1.23 bits per heavy atom. The SMILES string of the molecule is CN=C(NCc1ccccc1[N+](=O)[O-])NCC1(c2cccc(Cl)c2)CC1. The van der Waals surface area contributed by atoms with Gasteiger partial charge >= 0.3 is 0 Å². The van der Waals surface area contributed by atoms with Gasteiger partial charge in [-0.3, -0.25) is 15.1 Å². The summed E-state index contributed by atoms with van der Waals surface area (Å²) in [5.74, 6) is 0.622. The molecule has 1 aliphatic rings. The minimum absolute atomic E-state index is 0.0846. The highest BCUT2D eigenvalue weighted by molar-refractivity contribution is 6.30. The van der Waals surface area contributed by atoms with Gasteiger partial charge in [-0.05, 0) is 30.5 Å². The van der Waals surface area contributed by atoms with E-state index in [2.05, 4.69) is 21.7 Å². The van der Waals surface area contributed by atoms with Crippen LogP contribution in [0.1, 0.15) is 24.0 Å². The molecule has 0 amide bonds. The number of guanidine groups is 1. The molecule has 0 spiro atoms. The molecule has 0 heterocycles. The summed E-state index contributed by atoms with van der Waals surface area (Å²) in [6.45, 7) is 1.07. The zero-order chi connectivity index (χ0) is 18.6. The van der Waals surface area contributed by atoms with Crippen molar-refractivity contribution in [3.05, 3.63) is 74.8 Å². The van der Waals surface area contributed by atoms with Crippen molar-refractivity contribution in [2.24, 2.45) is 4.99 Å². The van der Waals surface area contributed by atoms with Gasteiger partial charge in [0, 0.05) is 42.2 Å². The molecule has 7 heteroatoms. The largest absolute Gasteiger partial charge is 0.356 e. The highest BCUT2D eigenvalue weighted by Gasteiger charge is 2.44. The average Bonchev–Trinajstić information content (AvgIpc) is 3.43. The zero-order valence-corrected chi connectivity index (χ0v) is 15.3. The molecule has 0 aliphatic heterocycles.